The van der Waals surface area contributed by atoms with Crippen molar-refractivity contribution in [3.63, 3.8) is 0 Å². The molecule has 0 radical (unpaired) electrons. The first-order valence-corrected chi connectivity index (χ1v) is 8.94. The molecule has 100 valence electrons. The number of rotatable bonds is 7. The second kappa shape index (κ2) is 8.37. The highest BCUT2D eigenvalue weighted by Crippen LogP contribution is 2.34. The zero-order valence-electron chi connectivity index (χ0n) is 11.2. The summed E-state index contributed by atoms with van der Waals surface area (Å²) in [4.78, 5) is 0. The topological polar surface area (TPSA) is 9.23 Å². The molecule has 2 rings (SSSR count). The molecule has 0 saturated heterocycles. The summed E-state index contributed by atoms with van der Waals surface area (Å²) in [6.45, 7) is 3.00. The van der Waals surface area contributed by atoms with E-state index >= 15 is 0 Å². The van der Waals surface area contributed by atoms with Crippen molar-refractivity contribution in [2.24, 2.45) is 0 Å². The molecule has 0 aliphatic carbocycles. The van der Waals surface area contributed by atoms with Crippen molar-refractivity contribution in [1.29, 1.82) is 0 Å². The summed E-state index contributed by atoms with van der Waals surface area (Å²) in [7, 11) is -0.681. The van der Waals surface area contributed by atoms with E-state index in [0.29, 0.717) is 0 Å². The third-order valence-corrected chi connectivity index (χ3v) is 5.47. The summed E-state index contributed by atoms with van der Waals surface area (Å²) < 4.78 is 6.16. The lowest BCUT2D eigenvalue weighted by Gasteiger charge is -2.18. The van der Waals surface area contributed by atoms with Crippen molar-refractivity contribution in [2.45, 2.75) is 6.92 Å². The molecule has 0 bridgehead atoms. The Morgan fingerprint density at radius 1 is 0.895 bits per heavy atom. The van der Waals surface area contributed by atoms with E-state index in [-0.39, 0.29) is 0 Å². The van der Waals surface area contributed by atoms with Gasteiger partial charge in [0.2, 0.25) is 0 Å². The number of hydrogen-bond donors (Lipinski definition) is 0. The van der Waals surface area contributed by atoms with Crippen LogP contribution in [-0.4, -0.2) is 18.1 Å². The van der Waals surface area contributed by atoms with Crippen LogP contribution in [0.1, 0.15) is 6.92 Å². The molecular formula is C16H19OPS. The maximum atomic E-state index is 6.16. The van der Waals surface area contributed by atoms with Crippen LogP contribution in [0.3, 0.4) is 0 Å². The number of thioether (sulfide) groups is 1. The van der Waals surface area contributed by atoms with Crippen molar-refractivity contribution in [2.75, 3.05) is 18.1 Å². The van der Waals surface area contributed by atoms with Gasteiger partial charge in [-0.05, 0) is 5.75 Å². The molecule has 3 heteroatoms. The van der Waals surface area contributed by atoms with Crippen molar-refractivity contribution < 1.29 is 4.52 Å². The molecule has 0 heterocycles. The maximum absolute atomic E-state index is 6.16. The maximum Gasteiger partial charge on any atom is 0.0917 e. The second-order valence-corrected chi connectivity index (χ2v) is 7.27. The zero-order valence-corrected chi connectivity index (χ0v) is 12.9. The fraction of sp³-hybridized carbons (Fsp3) is 0.250. The first-order valence-electron chi connectivity index (χ1n) is 6.52. The third kappa shape index (κ3) is 4.65. The average molecular weight is 290 g/mol. The van der Waals surface area contributed by atoms with Gasteiger partial charge in [-0.1, -0.05) is 67.6 Å². The molecule has 19 heavy (non-hydrogen) atoms. The predicted molar refractivity (Wildman–Crippen MR) is 88.0 cm³/mol. The molecule has 0 unspecified atom stereocenters. The fourth-order valence-electron chi connectivity index (χ4n) is 1.76. The standard InChI is InChI=1S/C16H19OPS/c1-2-19-14-13-17-18(15-9-5-3-6-10-15)16-11-7-4-8-12-16/h3-12H,2,13-14H2,1H3. The lowest BCUT2D eigenvalue weighted by Crippen LogP contribution is -2.14. The molecule has 2 aromatic rings. The Labute approximate surface area is 121 Å². The Kier molecular flexibility index (Phi) is 6.43. The average Bonchev–Trinajstić information content (AvgIpc) is 2.49. The number of hydrogen-bond acceptors (Lipinski definition) is 2. The summed E-state index contributed by atoms with van der Waals surface area (Å²) in [6, 6.07) is 21.1. The molecule has 0 spiro atoms. The summed E-state index contributed by atoms with van der Waals surface area (Å²) in [5.41, 5.74) is 0. The van der Waals surface area contributed by atoms with E-state index in [1.165, 1.54) is 10.6 Å². The Morgan fingerprint density at radius 3 is 1.89 bits per heavy atom. The van der Waals surface area contributed by atoms with E-state index in [9.17, 15) is 0 Å². The Morgan fingerprint density at radius 2 is 1.42 bits per heavy atom. The molecule has 1 nitrogen and oxygen atoms in total. The SMILES string of the molecule is CCSCCOP(c1ccccc1)c1ccccc1. The quantitative estimate of drug-likeness (QED) is 0.566. The molecular weight excluding hydrogens is 271 g/mol. The molecule has 2 aromatic carbocycles. The second-order valence-electron chi connectivity index (χ2n) is 4.00. The van der Waals surface area contributed by atoms with Crippen LogP contribution >= 0.6 is 19.9 Å². The van der Waals surface area contributed by atoms with E-state index in [4.69, 9.17) is 4.52 Å². The van der Waals surface area contributed by atoms with Crippen LogP contribution in [0.5, 0.6) is 0 Å². The van der Waals surface area contributed by atoms with Gasteiger partial charge in [0.05, 0.1) is 14.8 Å². The van der Waals surface area contributed by atoms with E-state index in [2.05, 4.69) is 67.6 Å². The smallest absolute Gasteiger partial charge is 0.0917 e. The molecule has 0 amide bonds. The van der Waals surface area contributed by atoms with Crippen LogP contribution in [0.25, 0.3) is 0 Å². The van der Waals surface area contributed by atoms with E-state index in [1.807, 2.05) is 11.8 Å². The van der Waals surface area contributed by atoms with Crippen LogP contribution in [0.2, 0.25) is 0 Å². The van der Waals surface area contributed by atoms with Crippen LogP contribution in [0.4, 0.5) is 0 Å². The van der Waals surface area contributed by atoms with Gasteiger partial charge in [-0.2, -0.15) is 11.8 Å². The largest absolute Gasteiger partial charge is 0.349 e. The van der Waals surface area contributed by atoms with Crippen molar-refractivity contribution in [1.82, 2.24) is 0 Å². The van der Waals surface area contributed by atoms with Crippen LogP contribution in [0.15, 0.2) is 60.7 Å². The minimum Gasteiger partial charge on any atom is -0.349 e. The van der Waals surface area contributed by atoms with Gasteiger partial charge >= 0.3 is 0 Å². The van der Waals surface area contributed by atoms with Crippen LogP contribution in [0, 0.1) is 0 Å². The molecule has 0 N–H and O–H groups in total. The van der Waals surface area contributed by atoms with Crippen LogP contribution in [-0.2, 0) is 4.52 Å². The van der Waals surface area contributed by atoms with Gasteiger partial charge in [0, 0.05) is 16.4 Å². The lowest BCUT2D eigenvalue weighted by atomic mass is 10.4. The normalized spacial score (nSPS) is 10.8. The van der Waals surface area contributed by atoms with Gasteiger partial charge in [0.15, 0.2) is 0 Å². The van der Waals surface area contributed by atoms with E-state index < -0.39 is 8.15 Å². The van der Waals surface area contributed by atoms with E-state index in [0.717, 1.165) is 18.1 Å². The first kappa shape index (κ1) is 14.6. The molecule has 0 aliphatic heterocycles. The van der Waals surface area contributed by atoms with Crippen molar-refractivity contribution in [3.05, 3.63) is 60.7 Å². The highest BCUT2D eigenvalue weighted by atomic mass is 32.2. The highest BCUT2D eigenvalue weighted by molar-refractivity contribution is 7.99. The Hall–Kier alpha value is -0.820. The van der Waals surface area contributed by atoms with Crippen molar-refractivity contribution in [3.8, 4) is 0 Å². The summed E-state index contributed by atoms with van der Waals surface area (Å²) in [5.74, 6) is 2.22. The summed E-state index contributed by atoms with van der Waals surface area (Å²) >= 11 is 1.93. The van der Waals surface area contributed by atoms with Gasteiger partial charge in [-0.15, -0.1) is 0 Å². The zero-order chi connectivity index (χ0) is 13.3. The monoisotopic (exact) mass is 290 g/mol. The molecule has 0 saturated carbocycles. The highest BCUT2D eigenvalue weighted by Gasteiger charge is 2.14. The fourth-order valence-corrected chi connectivity index (χ4v) is 4.13. The van der Waals surface area contributed by atoms with Crippen molar-refractivity contribution >= 4 is 30.5 Å². The van der Waals surface area contributed by atoms with Gasteiger partial charge < -0.3 is 4.52 Å². The Bertz CT molecular complexity index is 421. The van der Waals surface area contributed by atoms with Gasteiger partial charge in [-0.25, -0.2) is 0 Å². The minimum absolute atomic E-state index is 0.681. The first-order chi connectivity index (χ1) is 9.42. The third-order valence-electron chi connectivity index (χ3n) is 2.63. The van der Waals surface area contributed by atoms with Gasteiger partial charge in [0.25, 0.3) is 0 Å². The van der Waals surface area contributed by atoms with Gasteiger partial charge in [-0.3, -0.25) is 0 Å². The van der Waals surface area contributed by atoms with Gasteiger partial charge in [0.1, 0.15) is 0 Å². The molecule has 0 aromatic heterocycles. The summed E-state index contributed by atoms with van der Waals surface area (Å²) in [5, 5.41) is 2.57. The van der Waals surface area contributed by atoms with Crippen LogP contribution < -0.4 is 10.6 Å². The Balaban J connectivity index is 2.10. The summed E-state index contributed by atoms with van der Waals surface area (Å²) in [6.07, 6.45) is 0. The molecule has 0 fully saturated rings. The lowest BCUT2D eigenvalue weighted by molar-refractivity contribution is 0.392. The van der Waals surface area contributed by atoms with E-state index in [1.54, 1.807) is 0 Å². The molecule has 0 aliphatic rings. The minimum atomic E-state index is -0.681. The molecule has 0 atom stereocenters. The predicted octanol–water partition coefficient (Wildman–Crippen LogP) is 3.80. The number of benzene rings is 2.